The van der Waals surface area contributed by atoms with Gasteiger partial charge >= 0.3 is 0 Å². The predicted octanol–water partition coefficient (Wildman–Crippen LogP) is 1.65. The molecule has 1 N–H and O–H groups in total. The monoisotopic (exact) mass is 267 g/mol. The van der Waals surface area contributed by atoms with E-state index in [9.17, 15) is 14.3 Å². The Kier molecular flexibility index (Phi) is 5.27. The van der Waals surface area contributed by atoms with Gasteiger partial charge in [-0.2, -0.15) is 5.26 Å². The highest BCUT2D eigenvalue weighted by Gasteiger charge is 2.13. The minimum atomic E-state index is -0.869. The van der Waals surface area contributed by atoms with Crippen LogP contribution in [-0.4, -0.2) is 27.2 Å². The number of nitro groups is 1. The van der Waals surface area contributed by atoms with Gasteiger partial charge in [-0.15, -0.1) is 0 Å². The summed E-state index contributed by atoms with van der Waals surface area (Å²) in [7, 11) is -0.869. The summed E-state index contributed by atoms with van der Waals surface area (Å²) in [6.45, 7) is 2.31. The fourth-order valence-corrected chi connectivity index (χ4v) is 1.96. The standard InChI is InChI=1S/C11H13N3O3S/c1-2-18(17)6-5-13-10-4-3-9(8-12)11(7-10)14(15)16/h3-4,7,13H,2,5-6H2,1H3. The van der Waals surface area contributed by atoms with E-state index >= 15 is 0 Å². The van der Waals surface area contributed by atoms with E-state index in [4.69, 9.17) is 5.26 Å². The maximum atomic E-state index is 11.2. The van der Waals surface area contributed by atoms with E-state index in [0.717, 1.165) is 0 Å². The second kappa shape index (κ2) is 6.71. The highest BCUT2D eigenvalue weighted by atomic mass is 32.2. The van der Waals surface area contributed by atoms with Crippen molar-refractivity contribution in [2.45, 2.75) is 6.92 Å². The Balaban J connectivity index is 2.74. The van der Waals surface area contributed by atoms with Crippen molar-refractivity contribution in [1.82, 2.24) is 0 Å². The Morgan fingerprint density at radius 3 is 2.83 bits per heavy atom. The molecule has 0 spiro atoms. The van der Waals surface area contributed by atoms with E-state index in [-0.39, 0.29) is 11.3 Å². The van der Waals surface area contributed by atoms with Gasteiger partial charge in [-0.1, -0.05) is 6.92 Å². The first-order valence-electron chi connectivity index (χ1n) is 5.36. The number of nitrogens with zero attached hydrogens (tertiary/aromatic N) is 2. The molecule has 6 nitrogen and oxygen atoms in total. The van der Waals surface area contributed by atoms with Crippen LogP contribution in [0.25, 0.3) is 0 Å². The van der Waals surface area contributed by atoms with E-state index in [1.807, 2.05) is 6.92 Å². The number of nitriles is 1. The van der Waals surface area contributed by atoms with Gasteiger partial charge in [0.1, 0.15) is 11.6 Å². The second-order valence-corrected chi connectivity index (χ2v) is 5.33. The zero-order valence-corrected chi connectivity index (χ0v) is 10.7. The summed E-state index contributed by atoms with van der Waals surface area (Å²) >= 11 is 0. The molecule has 18 heavy (non-hydrogen) atoms. The van der Waals surface area contributed by atoms with Crippen LogP contribution in [0.2, 0.25) is 0 Å². The third-order valence-corrected chi connectivity index (χ3v) is 3.60. The molecule has 0 aliphatic rings. The molecule has 0 saturated carbocycles. The summed E-state index contributed by atoms with van der Waals surface area (Å²) in [5, 5.41) is 22.4. The van der Waals surface area contributed by atoms with Crippen molar-refractivity contribution in [3.63, 3.8) is 0 Å². The van der Waals surface area contributed by atoms with Gasteiger partial charge in [0.25, 0.3) is 5.69 Å². The Labute approximate surface area is 107 Å². The number of nitro benzene ring substituents is 1. The Morgan fingerprint density at radius 2 is 2.28 bits per heavy atom. The molecule has 0 amide bonds. The van der Waals surface area contributed by atoms with Crippen LogP contribution in [-0.2, 0) is 10.8 Å². The van der Waals surface area contributed by atoms with Crippen LogP contribution in [0.15, 0.2) is 18.2 Å². The second-order valence-electron chi connectivity index (χ2n) is 3.46. The third-order valence-electron chi connectivity index (χ3n) is 2.30. The molecule has 7 heteroatoms. The molecule has 1 aromatic carbocycles. The summed E-state index contributed by atoms with van der Waals surface area (Å²) in [5.41, 5.74) is 0.357. The first-order valence-corrected chi connectivity index (χ1v) is 6.84. The number of nitrogens with one attached hydrogen (secondary N) is 1. The summed E-state index contributed by atoms with van der Waals surface area (Å²) in [5.74, 6) is 1.08. The van der Waals surface area contributed by atoms with Crippen molar-refractivity contribution in [1.29, 1.82) is 5.26 Å². The lowest BCUT2D eigenvalue weighted by atomic mass is 10.2. The molecule has 0 heterocycles. The van der Waals surface area contributed by atoms with Crippen LogP contribution in [0.1, 0.15) is 12.5 Å². The molecule has 1 aromatic rings. The molecular weight excluding hydrogens is 254 g/mol. The highest BCUT2D eigenvalue weighted by molar-refractivity contribution is 7.84. The summed E-state index contributed by atoms with van der Waals surface area (Å²) in [4.78, 5) is 10.1. The van der Waals surface area contributed by atoms with Gasteiger partial charge < -0.3 is 5.32 Å². The summed E-state index contributed by atoms with van der Waals surface area (Å²) in [6.07, 6.45) is 0. The highest BCUT2D eigenvalue weighted by Crippen LogP contribution is 2.22. The van der Waals surface area contributed by atoms with Crippen molar-refractivity contribution >= 4 is 22.2 Å². The maximum Gasteiger partial charge on any atom is 0.289 e. The topological polar surface area (TPSA) is 96.0 Å². The molecule has 0 fully saturated rings. The third kappa shape index (κ3) is 3.82. The van der Waals surface area contributed by atoms with Gasteiger partial charge in [0.2, 0.25) is 0 Å². The van der Waals surface area contributed by atoms with Crippen molar-refractivity contribution < 1.29 is 9.13 Å². The van der Waals surface area contributed by atoms with Crippen LogP contribution in [0.4, 0.5) is 11.4 Å². The molecule has 1 rings (SSSR count). The maximum absolute atomic E-state index is 11.2. The summed E-state index contributed by atoms with van der Waals surface area (Å²) < 4.78 is 11.2. The molecule has 0 aliphatic heterocycles. The number of hydrogen-bond donors (Lipinski definition) is 1. The molecule has 0 aromatic heterocycles. The van der Waals surface area contributed by atoms with Crippen LogP contribution in [0.5, 0.6) is 0 Å². The number of hydrogen-bond acceptors (Lipinski definition) is 5. The van der Waals surface area contributed by atoms with E-state index in [1.54, 1.807) is 12.1 Å². The quantitative estimate of drug-likeness (QED) is 0.624. The lowest BCUT2D eigenvalue weighted by molar-refractivity contribution is -0.385. The minimum absolute atomic E-state index is 0.0303. The van der Waals surface area contributed by atoms with Crippen LogP contribution < -0.4 is 5.32 Å². The molecule has 0 radical (unpaired) electrons. The molecule has 0 saturated heterocycles. The lowest BCUT2D eigenvalue weighted by Gasteiger charge is -2.06. The van der Waals surface area contributed by atoms with Gasteiger partial charge in [-0.25, -0.2) is 0 Å². The average molecular weight is 267 g/mol. The molecule has 96 valence electrons. The Bertz CT molecular complexity index is 511. The fraction of sp³-hybridized carbons (Fsp3) is 0.364. The molecule has 0 bridgehead atoms. The van der Waals surface area contributed by atoms with Crippen LogP contribution >= 0.6 is 0 Å². The number of rotatable bonds is 6. The van der Waals surface area contributed by atoms with Crippen molar-refractivity contribution in [2.24, 2.45) is 0 Å². The molecule has 1 unspecified atom stereocenters. The van der Waals surface area contributed by atoms with Gasteiger partial charge in [0.15, 0.2) is 0 Å². The van der Waals surface area contributed by atoms with Gasteiger partial charge in [0.05, 0.1) is 4.92 Å². The van der Waals surface area contributed by atoms with Gasteiger partial charge in [-0.05, 0) is 12.1 Å². The van der Waals surface area contributed by atoms with Crippen molar-refractivity contribution in [3.8, 4) is 6.07 Å². The zero-order valence-electron chi connectivity index (χ0n) is 9.88. The van der Waals surface area contributed by atoms with E-state index in [2.05, 4.69) is 5.32 Å². The number of anilines is 1. The SMILES string of the molecule is CCS(=O)CCNc1ccc(C#N)c([N+](=O)[O-])c1. The zero-order chi connectivity index (χ0) is 13.5. The average Bonchev–Trinajstić information content (AvgIpc) is 2.38. The molecule has 1 atom stereocenters. The Hall–Kier alpha value is -1.94. The lowest BCUT2D eigenvalue weighted by Crippen LogP contribution is -2.12. The molecular formula is C11H13N3O3S. The van der Waals surface area contributed by atoms with Gasteiger partial charge in [0, 0.05) is 40.6 Å². The predicted molar refractivity (Wildman–Crippen MR) is 69.9 cm³/mol. The van der Waals surface area contributed by atoms with E-state index in [1.165, 1.54) is 12.1 Å². The summed E-state index contributed by atoms with van der Waals surface area (Å²) in [6, 6.07) is 6.08. The van der Waals surface area contributed by atoms with Crippen molar-refractivity contribution in [2.75, 3.05) is 23.4 Å². The normalized spacial score (nSPS) is 11.6. The fourth-order valence-electron chi connectivity index (χ4n) is 1.34. The largest absolute Gasteiger partial charge is 0.384 e. The minimum Gasteiger partial charge on any atom is -0.384 e. The first-order chi connectivity index (χ1) is 8.58. The van der Waals surface area contributed by atoms with E-state index in [0.29, 0.717) is 23.7 Å². The van der Waals surface area contributed by atoms with Gasteiger partial charge in [-0.3, -0.25) is 14.3 Å². The first kappa shape index (κ1) is 14.1. The van der Waals surface area contributed by atoms with Crippen molar-refractivity contribution in [3.05, 3.63) is 33.9 Å². The smallest absolute Gasteiger partial charge is 0.289 e. The van der Waals surface area contributed by atoms with E-state index < -0.39 is 15.7 Å². The number of benzene rings is 1. The van der Waals surface area contributed by atoms with Crippen LogP contribution in [0, 0.1) is 21.4 Å². The Morgan fingerprint density at radius 1 is 1.56 bits per heavy atom. The molecule has 0 aliphatic carbocycles. The van der Waals surface area contributed by atoms with Crippen LogP contribution in [0.3, 0.4) is 0 Å².